The highest BCUT2D eigenvalue weighted by Gasteiger charge is 2.27. The number of sulfone groups is 1. The van der Waals surface area contributed by atoms with E-state index in [1.807, 2.05) is 7.05 Å². The van der Waals surface area contributed by atoms with Crippen molar-refractivity contribution in [2.45, 2.75) is 30.7 Å². The molecule has 1 saturated heterocycles. The highest BCUT2D eigenvalue weighted by atomic mass is 32.2. The largest absolute Gasteiger partial charge is 0.355 e. The van der Waals surface area contributed by atoms with E-state index in [-0.39, 0.29) is 0 Å². The highest BCUT2D eigenvalue weighted by molar-refractivity contribution is 7.90. The smallest absolute Gasteiger partial charge is 0.179 e. The lowest BCUT2D eigenvalue weighted by Crippen LogP contribution is -2.44. The van der Waals surface area contributed by atoms with Gasteiger partial charge in [0.25, 0.3) is 0 Å². The van der Waals surface area contributed by atoms with Crippen LogP contribution in [0, 0.1) is 5.92 Å². The normalized spacial score (nSPS) is 21.8. The number of nitrogens with one attached hydrogen (secondary N) is 1. The second kappa shape index (κ2) is 6.10. The van der Waals surface area contributed by atoms with E-state index >= 15 is 0 Å². The van der Waals surface area contributed by atoms with Crippen LogP contribution in [0.15, 0.2) is 23.2 Å². The van der Waals surface area contributed by atoms with Gasteiger partial charge in [0.15, 0.2) is 9.84 Å². The first kappa shape index (κ1) is 15.3. The Morgan fingerprint density at radius 3 is 2.90 bits per heavy atom. The van der Waals surface area contributed by atoms with Crippen LogP contribution in [0.3, 0.4) is 0 Å². The highest BCUT2D eigenvalue weighted by Crippen LogP contribution is 2.28. The average molecular weight is 297 g/mol. The molecule has 0 saturated carbocycles. The molecular weight excluding hydrogens is 274 g/mol. The molecule has 5 nitrogen and oxygen atoms in total. The molecule has 1 aliphatic heterocycles. The molecule has 0 aromatic carbocycles. The minimum absolute atomic E-state index is 0.331. The van der Waals surface area contributed by atoms with E-state index in [1.54, 1.807) is 18.3 Å². The van der Waals surface area contributed by atoms with Crippen LogP contribution in [-0.2, 0) is 9.84 Å². The average Bonchev–Trinajstić information content (AvgIpc) is 2.45. The first-order valence-corrected chi connectivity index (χ1v) is 8.90. The van der Waals surface area contributed by atoms with Crippen molar-refractivity contribution in [1.29, 1.82) is 0 Å². The van der Waals surface area contributed by atoms with E-state index in [0.717, 1.165) is 19.5 Å². The maximum Gasteiger partial charge on any atom is 0.179 e. The van der Waals surface area contributed by atoms with Crippen LogP contribution in [0.4, 0.5) is 5.82 Å². The zero-order valence-electron chi connectivity index (χ0n) is 12.3. The van der Waals surface area contributed by atoms with Crippen molar-refractivity contribution in [3.05, 3.63) is 18.3 Å². The predicted molar refractivity (Wildman–Crippen MR) is 80.8 cm³/mol. The van der Waals surface area contributed by atoms with Gasteiger partial charge >= 0.3 is 0 Å². The summed E-state index contributed by atoms with van der Waals surface area (Å²) in [5, 5.41) is 3.29. The molecule has 1 aromatic rings. The van der Waals surface area contributed by atoms with Gasteiger partial charge in [-0.2, -0.15) is 0 Å². The molecule has 1 N–H and O–H groups in total. The summed E-state index contributed by atoms with van der Waals surface area (Å²) in [4.78, 5) is 6.76. The Morgan fingerprint density at radius 2 is 2.25 bits per heavy atom. The Hall–Kier alpha value is -1.14. The van der Waals surface area contributed by atoms with Crippen LogP contribution < -0.4 is 10.2 Å². The number of piperidine rings is 1. The molecule has 0 bridgehead atoms. The molecule has 0 spiro atoms. The molecule has 20 heavy (non-hydrogen) atoms. The number of nitrogens with zero attached hydrogens (tertiary/aromatic N) is 2. The van der Waals surface area contributed by atoms with E-state index < -0.39 is 9.84 Å². The van der Waals surface area contributed by atoms with Crippen molar-refractivity contribution < 1.29 is 8.42 Å². The third-order valence-corrected chi connectivity index (χ3v) is 5.19. The van der Waals surface area contributed by atoms with E-state index in [9.17, 15) is 8.42 Å². The third-order valence-electron chi connectivity index (χ3n) is 4.07. The van der Waals surface area contributed by atoms with Crippen molar-refractivity contribution >= 4 is 15.7 Å². The van der Waals surface area contributed by atoms with Crippen LogP contribution in [-0.4, -0.2) is 45.8 Å². The maximum absolute atomic E-state index is 11.9. The second-order valence-corrected chi connectivity index (χ2v) is 7.51. The zero-order chi connectivity index (χ0) is 14.8. The van der Waals surface area contributed by atoms with E-state index in [2.05, 4.69) is 22.1 Å². The fraction of sp³-hybridized carbons (Fsp3) is 0.643. The molecule has 2 heterocycles. The van der Waals surface area contributed by atoms with Gasteiger partial charge in [0.2, 0.25) is 0 Å². The Labute approximate surface area is 121 Å². The maximum atomic E-state index is 11.9. The number of rotatable bonds is 4. The molecule has 0 amide bonds. The van der Waals surface area contributed by atoms with Crippen LogP contribution in [0.25, 0.3) is 0 Å². The first-order chi connectivity index (χ1) is 9.43. The summed E-state index contributed by atoms with van der Waals surface area (Å²) < 4.78 is 23.8. The van der Waals surface area contributed by atoms with Crippen LogP contribution in [0.2, 0.25) is 0 Å². The van der Waals surface area contributed by atoms with Gasteiger partial charge in [-0.3, -0.25) is 0 Å². The third kappa shape index (κ3) is 3.30. The molecule has 1 fully saturated rings. The van der Waals surface area contributed by atoms with Crippen molar-refractivity contribution in [2.75, 3.05) is 31.3 Å². The molecule has 6 heteroatoms. The number of pyridine rings is 1. The fourth-order valence-corrected chi connectivity index (χ4v) is 3.59. The van der Waals surface area contributed by atoms with Crippen LogP contribution in [0.1, 0.15) is 19.8 Å². The lowest BCUT2D eigenvalue weighted by molar-refractivity contribution is 0.331. The Balaban J connectivity index is 2.28. The summed E-state index contributed by atoms with van der Waals surface area (Å²) in [6.07, 6.45) is 5.14. The van der Waals surface area contributed by atoms with Crippen molar-refractivity contribution in [3.8, 4) is 0 Å². The summed E-state index contributed by atoms with van der Waals surface area (Å²) in [5.41, 5.74) is 0. The molecule has 1 aromatic heterocycles. The van der Waals surface area contributed by atoms with Gasteiger partial charge in [-0.15, -0.1) is 0 Å². The molecule has 2 unspecified atom stereocenters. The first-order valence-electron chi connectivity index (χ1n) is 7.00. The van der Waals surface area contributed by atoms with Gasteiger partial charge in [-0.25, -0.2) is 13.4 Å². The SMILES string of the molecule is CNC(C)C1CCCN(c2ncccc2S(C)(=O)=O)C1. The van der Waals surface area contributed by atoms with E-state index in [1.165, 1.54) is 12.7 Å². The molecule has 0 aliphatic carbocycles. The summed E-state index contributed by atoms with van der Waals surface area (Å²) in [7, 11) is -1.28. The molecule has 1 aliphatic rings. The summed E-state index contributed by atoms with van der Waals surface area (Å²) in [5.74, 6) is 1.12. The Morgan fingerprint density at radius 1 is 1.50 bits per heavy atom. The van der Waals surface area contributed by atoms with Gasteiger partial charge in [0.05, 0.1) is 0 Å². The molecule has 0 radical (unpaired) electrons. The van der Waals surface area contributed by atoms with Gasteiger partial charge in [0.1, 0.15) is 10.7 Å². The van der Waals surface area contributed by atoms with Gasteiger partial charge in [0, 0.05) is 31.6 Å². The Kier molecular flexibility index (Phi) is 4.65. The van der Waals surface area contributed by atoms with Crippen molar-refractivity contribution in [2.24, 2.45) is 5.92 Å². The summed E-state index contributed by atoms with van der Waals surface area (Å²) in [6, 6.07) is 3.74. The fourth-order valence-electron chi connectivity index (χ4n) is 2.76. The monoisotopic (exact) mass is 297 g/mol. The molecule has 2 rings (SSSR count). The topological polar surface area (TPSA) is 62.3 Å². The lowest BCUT2D eigenvalue weighted by Gasteiger charge is -2.37. The van der Waals surface area contributed by atoms with E-state index in [4.69, 9.17) is 0 Å². The van der Waals surface area contributed by atoms with Crippen molar-refractivity contribution in [3.63, 3.8) is 0 Å². The van der Waals surface area contributed by atoms with Crippen molar-refractivity contribution in [1.82, 2.24) is 10.3 Å². The summed E-state index contributed by atoms with van der Waals surface area (Å²) in [6.45, 7) is 3.89. The van der Waals surface area contributed by atoms with E-state index in [0.29, 0.717) is 22.7 Å². The van der Waals surface area contributed by atoms with Crippen LogP contribution in [0.5, 0.6) is 0 Å². The minimum atomic E-state index is -3.25. The van der Waals surface area contributed by atoms with Gasteiger partial charge < -0.3 is 10.2 Å². The molecule has 2 atom stereocenters. The minimum Gasteiger partial charge on any atom is -0.355 e. The Bertz CT molecular complexity index is 559. The quantitative estimate of drug-likeness (QED) is 0.908. The number of hydrogen-bond acceptors (Lipinski definition) is 5. The lowest BCUT2D eigenvalue weighted by atomic mass is 9.91. The number of hydrogen-bond donors (Lipinski definition) is 1. The zero-order valence-corrected chi connectivity index (χ0v) is 13.2. The van der Waals surface area contributed by atoms with Gasteiger partial charge in [-0.05, 0) is 44.9 Å². The molecule has 112 valence electrons. The standard InChI is InChI=1S/C14H23N3O2S/c1-11(15-2)12-6-5-9-17(10-12)14-13(20(3,18)19)7-4-8-16-14/h4,7-8,11-12,15H,5-6,9-10H2,1-3H3. The number of aromatic nitrogens is 1. The molecular formula is C14H23N3O2S. The van der Waals surface area contributed by atoms with Gasteiger partial charge in [-0.1, -0.05) is 0 Å². The predicted octanol–water partition coefficient (Wildman–Crippen LogP) is 1.31. The second-order valence-electron chi connectivity index (χ2n) is 5.52. The van der Waals surface area contributed by atoms with Crippen LogP contribution >= 0.6 is 0 Å². The summed E-state index contributed by atoms with van der Waals surface area (Å²) >= 11 is 0. The number of anilines is 1.